The number of halogens is 2. The lowest BCUT2D eigenvalue weighted by atomic mass is 10.00. The first-order valence-corrected chi connectivity index (χ1v) is 11.4. The van der Waals surface area contributed by atoms with Gasteiger partial charge in [-0.2, -0.15) is 0 Å². The summed E-state index contributed by atoms with van der Waals surface area (Å²) in [5.74, 6) is -2.35. The van der Waals surface area contributed by atoms with Crippen LogP contribution in [0, 0.1) is 11.6 Å². The molecule has 9 heteroatoms. The van der Waals surface area contributed by atoms with Crippen LogP contribution in [0.2, 0.25) is 0 Å². The summed E-state index contributed by atoms with van der Waals surface area (Å²) in [7, 11) is 0. The van der Waals surface area contributed by atoms with Gasteiger partial charge in [0.25, 0.3) is 0 Å². The minimum atomic E-state index is -1.24. The van der Waals surface area contributed by atoms with Crippen molar-refractivity contribution in [3.8, 4) is 0 Å². The molecule has 7 nitrogen and oxygen atoms in total. The zero-order valence-electron chi connectivity index (χ0n) is 20.3. The minimum absolute atomic E-state index is 0.128. The molecule has 1 atom stereocenters. The average Bonchev–Trinajstić information content (AvgIpc) is 2.81. The lowest BCUT2D eigenvalue weighted by Gasteiger charge is -2.34. The van der Waals surface area contributed by atoms with Crippen molar-refractivity contribution in [1.82, 2.24) is 10.3 Å². The summed E-state index contributed by atoms with van der Waals surface area (Å²) in [6.07, 6.45) is 1.06. The van der Waals surface area contributed by atoms with E-state index < -0.39 is 40.9 Å². The highest BCUT2D eigenvalue weighted by atomic mass is 19.1. The third-order valence-electron chi connectivity index (χ3n) is 5.04. The van der Waals surface area contributed by atoms with Gasteiger partial charge in [-0.1, -0.05) is 24.3 Å². The number of anilines is 2. The van der Waals surface area contributed by atoms with Gasteiger partial charge in [0, 0.05) is 30.3 Å². The molecule has 0 fully saturated rings. The van der Waals surface area contributed by atoms with Gasteiger partial charge in [0.1, 0.15) is 23.5 Å². The van der Waals surface area contributed by atoms with E-state index in [-0.39, 0.29) is 18.5 Å². The number of rotatable bonds is 8. The molecule has 3 aromatic rings. The van der Waals surface area contributed by atoms with Crippen LogP contribution in [0.1, 0.15) is 45.2 Å². The summed E-state index contributed by atoms with van der Waals surface area (Å²) >= 11 is 0. The summed E-state index contributed by atoms with van der Waals surface area (Å²) in [5.41, 5.74) is -0.189. The Morgan fingerprint density at radius 2 is 1.64 bits per heavy atom. The number of carbonyl (C=O) groups is 3. The second-order valence-electron chi connectivity index (χ2n) is 9.20. The molecule has 0 saturated heterocycles. The molecule has 2 aromatic carbocycles. The summed E-state index contributed by atoms with van der Waals surface area (Å²) in [6.45, 7) is 5.34. The highest BCUT2D eigenvalue weighted by Crippen LogP contribution is 2.30. The number of benzene rings is 2. The smallest absolute Gasteiger partial charge is 0.248 e. The summed E-state index contributed by atoms with van der Waals surface area (Å²) < 4.78 is 27.8. The zero-order chi connectivity index (χ0) is 26.3. The van der Waals surface area contributed by atoms with Crippen molar-refractivity contribution in [3.63, 3.8) is 0 Å². The fraction of sp³-hybridized carbons (Fsp3) is 0.259. The highest BCUT2D eigenvalue weighted by molar-refractivity contribution is 6.03. The van der Waals surface area contributed by atoms with E-state index in [2.05, 4.69) is 15.6 Å². The Kier molecular flexibility index (Phi) is 8.47. The van der Waals surface area contributed by atoms with E-state index >= 15 is 0 Å². The van der Waals surface area contributed by atoms with Crippen LogP contribution in [-0.4, -0.2) is 28.2 Å². The number of pyridine rings is 1. The maximum atomic E-state index is 14.2. The molecule has 0 aliphatic rings. The maximum Gasteiger partial charge on any atom is 0.248 e. The first-order chi connectivity index (χ1) is 17.0. The van der Waals surface area contributed by atoms with E-state index in [1.165, 1.54) is 48.7 Å². The number of nitrogens with one attached hydrogen (secondary N) is 2. The second kappa shape index (κ2) is 11.5. The lowest BCUT2D eigenvalue weighted by molar-refractivity contribution is -0.128. The fourth-order valence-electron chi connectivity index (χ4n) is 3.55. The van der Waals surface area contributed by atoms with Crippen LogP contribution in [-0.2, 0) is 14.4 Å². The Bertz CT molecular complexity index is 1210. The van der Waals surface area contributed by atoms with E-state index in [1.807, 2.05) is 0 Å². The molecule has 188 valence electrons. The Labute approximate surface area is 208 Å². The van der Waals surface area contributed by atoms with Crippen molar-refractivity contribution in [3.05, 3.63) is 90.1 Å². The van der Waals surface area contributed by atoms with Gasteiger partial charge in [-0.25, -0.2) is 13.8 Å². The second-order valence-corrected chi connectivity index (χ2v) is 9.20. The molecule has 3 rings (SSSR count). The van der Waals surface area contributed by atoms with Crippen LogP contribution < -0.4 is 15.5 Å². The van der Waals surface area contributed by atoms with Crippen LogP contribution in [0.5, 0.6) is 0 Å². The Morgan fingerprint density at radius 3 is 2.25 bits per heavy atom. The van der Waals surface area contributed by atoms with Gasteiger partial charge in [-0.15, -0.1) is 0 Å². The van der Waals surface area contributed by atoms with Gasteiger partial charge in [-0.3, -0.25) is 19.3 Å². The van der Waals surface area contributed by atoms with E-state index in [4.69, 9.17) is 0 Å². The van der Waals surface area contributed by atoms with E-state index in [1.54, 1.807) is 39.0 Å². The number of hydrogen-bond donors (Lipinski definition) is 2. The molecule has 1 heterocycles. The molecule has 0 saturated carbocycles. The topological polar surface area (TPSA) is 91.4 Å². The third kappa shape index (κ3) is 7.43. The predicted octanol–water partition coefficient (Wildman–Crippen LogP) is 4.77. The monoisotopic (exact) mass is 494 g/mol. The van der Waals surface area contributed by atoms with Gasteiger partial charge in [0.2, 0.25) is 17.7 Å². The van der Waals surface area contributed by atoms with Gasteiger partial charge >= 0.3 is 0 Å². The molecule has 0 radical (unpaired) electrons. The van der Waals surface area contributed by atoms with E-state index in [0.29, 0.717) is 11.4 Å². The zero-order valence-corrected chi connectivity index (χ0v) is 20.3. The predicted molar refractivity (Wildman–Crippen MR) is 133 cm³/mol. The highest BCUT2D eigenvalue weighted by Gasteiger charge is 2.34. The summed E-state index contributed by atoms with van der Waals surface area (Å²) in [5, 5.41) is 5.45. The van der Waals surface area contributed by atoms with Gasteiger partial charge in [0.15, 0.2) is 0 Å². The standard InChI is InChI=1S/C27H28F2N4O3/c1-27(2,3)32-26(36)25(18-10-12-19(28)13-11-18)33(21-8-6-7-20(29)17-21)24(35)15-14-23(34)31-22-9-4-5-16-30-22/h4-13,16-17,25H,14-15H2,1-3H3,(H,32,36)(H,30,31,34). The van der Waals surface area contributed by atoms with Crippen LogP contribution in [0.25, 0.3) is 0 Å². The molecule has 1 unspecified atom stereocenters. The first-order valence-electron chi connectivity index (χ1n) is 11.4. The first kappa shape index (κ1) is 26.5. The van der Waals surface area contributed by atoms with Crippen molar-refractivity contribution in [2.75, 3.05) is 10.2 Å². The number of carbonyl (C=O) groups excluding carboxylic acids is 3. The van der Waals surface area contributed by atoms with Crippen LogP contribution in [0.4, 0.5) is 20.3 Å². The third-order valence-corrected chi connectivity index (χ3v) is 5.04. The lowest BCUT2D eigenvalue weighted by Crippen LogP contribution is -2.49. The molecule has 0 bridgehead atoms. The average molecular weight is 495 g/mol. The molecule has 0 aliphatic heterocycles. The minimum Gasteiger partial charge on any atom is -0.349 e. The van der Waals surface area contributed by atoms with Crippen LogP contribution >= 0.6 is 0 Å². The summed E-state index contributed by atoms with van der Waals surface area (Å²) in [4.78, 5) is 44.6. The summed E-state index contributed by atoms with van der Waals surface area (Å²) in [6, 6.07) is 14.2. The fourth-order valence-corrected chi connectivity index (χ4v) is 3.55. The van der Waals surface area contributed by atoms with E-state index in [9.17, 15) is 23.2 Å². The van der Waals surface area contributed by atoms with Gasteiger partial charge in [-0.05, 0) is 68.8 Å². The molecule has 3 amide bonds. The van der Waals surface area contributed by atoms with Crippen molar-refractivity contribution in [2.24, 2.45) is 0 Å². The number of amides is 3. The van der Waals surface area contributed by atoms with Crippen LogP contribution in [0.15, 0.2) is 72.9 Å². The largest absolute Gasteiger partial charge is 0.349 e. The normalized spacial score (nSPS) is 11.9. The van der Waals surface area contributed by atoms with E-state index in [0.717, 1.165) is 11.0 Å². The molecule has 36 heavy (non-hydrogen) atoms. The van der Waals surface area contributed by atoms with Crippen molar-refractivity contribution >= 4 is 29.2 Å². The van der Waals surface area contributed by atoms with Crippen molar-refractivity contribution < 1.29 is 23.2 Å². The maximum absolute atomic E-state index is 14.2. The molecule has 2 N–H and O–H groups in total. The Hall–Kier alpha value is -4.14. The van der Waals surface area contributed by atoms with Gasteiger partial charge in [0.05, 0.1) is 0 Å². The van der Waals surface area contributed by atoms with Crippen LogP contribution in [0.3, 0.4) is 0 Å². The molecule has 0 spiro atoms. The molecular weight excluding hydrogens is 466 g/mol. The van der Waals surface area contributed by atoms with Crippen molar-refractivity contribution in [2.45, 2.75) is 45.2 Å². The Morgan fingerprint density at radius 1 is 0.917 bits per heavy atom. The number of nitrogens with zero attached hydrogens (tertiary/aromatic N) is 2. The molecular formula is C27H28F2N4O3. The van der Waals surface area contributed by atoms with Crippen molar-refractivity contribution in [1.29, 1.82) is 0 Å². The molecule has 1 aromatic heterocycles. The number of aromatic nitrogens is 1. The molecule has 0 aliphatic carbocycles. The SMILES string of the molecule is CC(C)(C)NC(=O)C(c1ccc(F)cc1)N(C(=O)CCC(=O)Nc1ccccn1)c1cccc(F)c1. The number of hydrogen-bond acceptors (Lipinski definition) is 4. The van der Waals surface area contributed by atoms with Gasteiger partial charge < -0.3 is 10.6 Å². The Balaban J connectivity index is 1.95. The quantitative estimate of drug-likeness (QED) is 0.472.